The minimum Gasteiger partial charge on any atom is -0.481 e. The quantitative estimate of drug-likeness (QED) is 0.472. The number of aliphatic carboxylic acids is 1. The fourth-order valence-electron chi connectivity index (χ4n) is 2.44. The molecule has 0 spiro atoms. The molecule has 1 saturated heterocycles. The van der Waals surface area contributed by atoms with Crippen molar-refractivity contribution in [3.05, 3.63) is 58.1 Å². The first-order valence-corrected chi connectivity index (χ1v) is 10.7. The van der Waals surface area contributed by atoms with E-state index in [-0.39, 0.29) is 12.3 Å². The number of carboxylic acid groups (broad SMARTS) is 1. The Kier molecular flexibility index (Phi) is 7.12. The fraction of sp³-hybridized carbons (Fsp3) is 0.158. The number of pyridine rings is 1. The van der Waals surface area contributed by atoms with Gasteiger partial charge in [-0.2, -0.15) is 0 Å². The van der Waals surface area contributed by atoms with Crippen molar-refractivity contribution in [1.29, 1.82) is 0 Å². The van der Waals surface area contributed by atoms with Crippen molar-refractivity contribution in [3.8, 4) is 0 Å². The Morgan fingerprint density at radius 3 is 2.79 bits per heavy atom. The minimum atomic E-state index is -0.889. The molecular formula is C19H15ClN2O3S3. The molecule has 0 saturated carbocycles. The number of carbonyl (C=O) groups is 2. The van der Waals surface area contributed by atoms with E-state index in [9.17, 15) is 9.59 Å². The SMILES string of the molecule is O=C(O)CCCN1C(=O)C(=Cc2cccnc2Sc2ccc(Cl)cc2)SC1=S. The number of carbonyl (C=O) groups excluding carboxylic acids is 1. The van der Waals surface area contributed by atoms with Crippen molar-refractivity contribution >= 4 is 69.6 Å². The van der Waals surface area contributed by atoms with Gasteiger partial charge in [-0.15, -0.1) is 0 Å². The Hall–Kier alpha value is -1.87. The van der Waals surface area contributed by atoms with Gasteiger partial charge in [0.25, 0.3) is 5.91 Å². The molecule has 1 aliphatic heterocycles. The summed E-state index contributed by atoms with van der Waals surface area (Å²) in [4.78, 5) is 30.7. The molecular weight excluding hydrogens is 436 g/mol. The van der Waals surface area contributed by atoms with Crippen LogP contribution >= 0.6 is 47.3 Å². The van der Waals surface area contributed by atoms with Gasteiger partial charge < -0.3 is 5.11 Å². The van der Waals surface area contributed by atoms with Crippen LogP contribution in [0.4, 0.5) is 0 Å². The first-order valence-electron chi connectivity index (χ1n) is 8.29. The van der Waals surface area contributed by atoms with E-state index in [1.807, 2.05) is 36.4 Å². The van der Waals surface area contributed by atoms with Gasteiger partial charge in [-0.25, -0.2) is 4.98 Å². The third kappa shape index (κ3) is 5.35. The second kappa shape index (κ2) is 9.56. The van der Waals surface area contributed by atoms with Crippen LogP contribution in [0.25, 0.3) is 6.08 Å². The van der Waals surface area contributed by atoms with E-state index in [2.05, 4.69) is 4.98 Å². The van der Waals surface area contributed by atoms with Crippen molar-refractivity contribution in [1.82, 2.24) is 9.88 Å². The number of halogens is 1. The monoisotopic (exact) mass is 450 g/mol. The second-order valence-electron chi connectivity index (χ2n) is 5.78. The maximum absolute atomic E-state index is 12.7. The number of benzene rings is 1. The van der Waals surface area contributed by atoms with Crippen molar-refractivity contribution in [2.45, 2.75) is 22.8 Å². The predicted octanol–water partition coefficient (Wildman–Crippen LogP) is 4.95. The maximum atomic E-state index is 12.7. The highest BCUT2D eigenvalue weighted by Gasteiger charge is 2.31. The largest absolute Gasteiger partial charge is 0.481 e. The summed E-state index contributed by atoms with van der Waals surface area (Å²) in [6.45, 7) is 0.299. The summed E-state index contributed by atoms with van der Waals surface area (Å²) < 4.78 is 0.442. The van der Waals surface area contributed by atoms with Gasteiger partial charge in [0.15, 0.2) is 0 Å². The maximum Gasteiger partial charge on any atom is 0.303 e. The summed E-state index contributed by atoms with van der Waals surface area (Å²) in [6, 6.07) is 11.2. The molecule has 5 nitrogen and oxygen atoms in total. The van der Waals surface area contributed by atoms with E-state index in [0.717, 1.165) is 15.5 Å². The Labute approximate surface area is 181 Å². The Morgan fingerprint density at radius 1 is 1.32 bits per heavy atom. The van der Waals surface area contributed by atoms with Crippen molar-refractivity contribution in [2.75, 3.05) is 6.54 Å². The van der Waals surface area contributed by atoms with Crippen LogP contribution < -0.4 is 0 Å². The standard InChI is InChI=1S/C19H15ClN2O3S3/c20-13-5-7-14(8-6-13)27-17-12(3-1-9-21-17)11-15-18(25)22(19(26)28-15)10-2-4-16(23)24/h1,3,5-9,11H,2,4,10H2,(H,23,24). The normalized spacial score (nSPS) is 15.5. The number of hydrogen-bond donors (Lipinski definition) is 1. The average Bonchev–Trinajstić information content (AvgIpc) is 2.92. The fourth-order valence-corrected chi connectivity index (χ4v) is 4.71. The summed E-state index contributed by atoms with van der Waals surface area (Å²) >= 11 is 13.9. The van der Waals surface area contributed by atoms with E-state index in [1.165, 1.54) is 28.4 Å². The first kappa shape index (κ1) is 20.9. The van der Waals surface area contributed by atoms with Gasteiger partial charge in [-0.1, -0.05) is 53.4 Å². The van der Waals surface area contributed by atoms with Crippen LogP contribution in [0.5, 0.6) is 0 Å². The summed E-state index contributed by atoms with van der Waals surface area (Å²) in [7, 11) is 0. The average molecular weight is 451 g/mol. The third-order valence-electron chi connectivity index (χ3n) is 3.76. The molecule has 28 heavy (non-hydrogen) atoms. The third-order valence-corrected chi connectivity index (χ3v) is 6.43. The highest BCUT2D eigenvalue weighted by molar-refractivity contribution is 8.26. The van der Waals surface area contributed by atoms with Crippen LogP contribution in [0, 0.1) is 0 Å². The number of amides is 1. The van der Waals surface area contributed by atoms with Gasteiger partial charge in [0.2, 0.25) is 0 Å². The van der Waals surface area contributed by atoms with Crippen LogP contribution in [-0.2, 0) is 9.59 Å². The molecule has 2 aromatic rings. The molecule has 1 aromatic heterocycles. The number of thiocarbonyl (C=S) groups is 1. The zero-order chi connectivity index (χ0) is 20.1. The van der Waals surface area contributed by atoms with Gasteiger partial charge in [-0.3, -0.25) is 14.5 Å². The number of nitrogens with zero attached hydrogens (tertiary/aromatic N) is 2. The van der Waals surface area contributed by atoms with Crippen LogP contribution in [0.1, 0.15) is 18.4 Å². The predicted molar refractivity (Wildman–Crippen MR) is 117 cm³/mol. The van der Waals surface area contributed by atoms with Gasteiger partial charge in [-0.05, 0) is 42.8 Å². The van der Waals surface area contributed by atoms with Gasteiger partial charge in [0.1, 0.15) is 9.35 Å². The van der Waals surface area contributed by atoms with Crippen molar-refractivity contribution in [2.24, 2.45) is 0 Å². The zero-order valence-corrected chi connectivity index (χ0v) is 17.7. The van der Waals surface area contributed by atoms with Crippen LogP contribution in [0.3, 0.4) is 0 Å². The number of thioether (sulfide) groups is 1. The van der Waals surface area contributed by atoms with Gasteiger partial charge >= 0.3 is 5.97 Å². The highest BCUT2D eigenvalue weighted by Crippen LogP contribution is 2.35. The molecule has 0 unspecified atom stereocenters. The molecule has 2 heterocycles. The summed E-state index contributed by atoms with van der Waals surface area (Å²) in [5, 5.41) is 10.2. The second-order valence-corrected chi connectivity index (χ2v) is 8.96. The molecule has 0 atom stereocenters. The van der Waals surface area contributed by atoms with Crippen LogP contribution in [0.15, 0.2) is 57.4 Å². The van der Waals surface area contributed by atoms with E-state index in [1.54, 1.807) is 12.3 Å². The Bertz CT molecular complexity index is 948. The first-order chi connectivity index (χ1) is 13.4. The zero-order valence-electron chi connectivity index (χ0n) is 14.5. The Morgan fingerprint density at radius 2 is 2.07 bits per heavy atom. The molecule has 1 N–H and O–H groups in total. The smallest absolute Gasteiger partial charge is 0.303 e. The number of carboxylic acids is 1. The molecule has 1 amide bonds. The lowest BCUT2D eigenvalue weighted by molar-refractivity contribution is -0.137. The molecule has 0 radical (unpaired) electrons. The van der Waals surface area contributed by atoms with Crippen LogP contribution in [0.2, 0.25) is 5.02 Å². The van der Waals surface area contributed by atoms with E-state index >= 15 is 0 Å². The molecule has 3 rings (SSSR count). The van der Waals surface area contributed by atoms with Crippen LogP contribution in [-0.4, -0.2) is 37.7 Å². The van der Waals surface area contributed by atoms with Gasteiger partial charge in [0, 0.05) is 34.6 Å². The lowest BCUT2D eigenvalue weighted by atomic mass is 10.2. The summed E-state index contributed by atoms with van der Waals surface area (Å²) in [6.07, 6.45) is 3.84. The minimum absolute atomic E-state index is 0.000588. The molecule has 9 heteroatoms. The highest BCUT2D eigenvalue weighted by atomic mass is 35.5. The molecule has 1 aliphatic rings. The summed E-state index contributed by atoms with van der Waals surface area (Å²) in [5.74, 6) is -1.09. The number of rotatable bonds is 7. The lowest BCUT2D eigenvalue weighted by Crippen LogP contribution is -2.29. The van der Waals surface area contributed by atoms with E-state index in [0.29, 0.717) is 27.2 Å². The van der Waals surface area contributed by atoms with Crippen molar-refractivity contribution < 1.29 is 14.7 Å². The van der Waals surface area contributed by atoms with Gasteiger partial charge in [0.05, 0.1) is 4.91 Å². The van der Waals surface area contributed by atoms with Crippen molar-refractivity contribution in [3.63, 3.8) is 0 Å². The van der Waals surface area contributed by atoms with E-state index < -0.39 is 5.97 Å². The number of aromatic nitrogens is 1. The molecule has 144 valence electrons. The molecule has 1 aromatic carbocycles. The molecule has 0 bridgehead atoms. The number of hydrogen-bond acceptors (Lipinski definition) is 6. The molecule has 1 fully saturated rings. The molecule has 0 aliphatic carbocycles. The topological polar surface area (TPSA) is 70.5 Å². The summed E-state index contributed by atoms with van der Waals surface area (Å²) in [5.41, 5.74) is 0.813. The Balaban J connectivity index is 1.78. The lowest BCUT2D eigenvalue weighted by Gasteiger charge is -2.13. The van der Waals surface area contributed by atoms with E-state index in [4.69, 9.17) is 28.9 Å².